The van der Waals surface area contributed by atoms with Crippen molar-refractivity contribution in [3.8, 4) is 22.3 Å². The van der Waals surface area contributed by atoms with Crippen molar-refractivity contribution in [2.75, 3.05) is 4.90 Å². The first-order valence-corrected chi connectivity index (χ1v) is 16.9. The van der Waals surface area contributed by atoms with Crippen molar-refractivity contribution in [2.45, 2.75) is 12.8 Å². The fourth-order valence-electron chi connectivity index (χ4n) is 7.56. The lowest BCUT2D eigenvalue weighted by Crippen LogP contribution is -2.12. The van der Waals surface area contributed by atoms with E-state index in [1.165, 1.54) is 21.9 Å². The van der Waals surface area contributed by atoms with Crippen LogP contribution in [0.1, 0.15) is 17.7 Å². The summed E-state index contributed by atoms with van der Waals surface area (Å²) in [4.78, 5) is 2.40. The number of benzene rings is 7. The zero-order chi connectivity index (χ0) is 32.3. The zero-order valence-corrected chi connectivity index (χ0v) is 26.8. The van der Waals surface area contributed by atoms with Crippen LogP contribution in [0.4, 0.5) is 17.1 Å². The molecule has 2 heterocycles. The molecule has 0 N–H and O–H groups in total. The van der Waals surface area contributed by atoms with Gasteiger partial charge < -0.3 is 13.7 Å². The highest BCUT2D eigenvalue weighted by atomic mass is 16.3. The van der Waals surface area contributed by atoms with Crippen molar-refractivity contribution >= 4 is 66.8 Å². The van der Waals surface area contributed by atoms with Gasteiger partial charge in [-0.1, -0.05) is 115 Å². The lowest BCUT2D eigenvalue weighted by molar-refractivity contribution is 0.546. The van der Waals surface area contributed by atoms with E-state index in [1.54, 1.807) is 0 Å². The molecule has 0 spiro atoms. The Labute approximate surface area is 283 Å². The van der Waals surface area contributed by atoms with Gasteiger partial charge in [-0.2, -0.15) is 0 Å². The van der Waals surface area contributed by atoms with Crippen LogP contribution in [0.2, 0.25) is 0 Å². The molecule has 1 aliphatic carbocycles. The number of para-hydroxylation sites is 1. The Morgan fingerprint density at radius 3 is 2.22 bits per heavy atom. The molecule has 0 bridgehead atoms. The number of anilines is 3. The van der Waals surface area contributed by atoms with E-state index >= 15 is 0 Å². The minimum atomic E-state index is 0.857. The SMILES string of the molecule is C1=Cc2c(oc3cc(N(c4cc(-c5ccc6ccccc6c5)ccc4-c4ccccc4)c4cccc5oc6ccccc6c45)ccc23)CC1. The summed E-state index contributed by atoms with van der Waals surface area (Å²) >= 11 is 0. The summed E-state index contributed by atoms with van der Waals surface area (Å²) in [6.07, 6.45) is 6.38. The third kappa shape index (κ3) is 4.58. The lowest BCUT2D eigenvalue weighted by atomic mass is 9.95. The molecule has 0 saturated carbocycles. The third-order valence-electron chi connectivity index (χ3n) is 9.90. The average molecular weight is 630 g/mol. The smallest absolute Gasteiger partial charge is 0.137 e. The molecule has 0 fully saturated rings. The zero-order valence-electron chi connectivity index (χ0n) is 26.8. The maximum Gasteiger partial charge on any atom is 0.137 e. The Hall–Kier alpha value is -6.32. The van der Waals surface area contributed by atoms with E-state index < -0.39 is 0 Å². The summed E-state index contributed by atoms with van der Waals surface area (Å²) in [6, 6.07) is 54.2. The predicted octanol–water partition coefficient (Wildman–Crippen LogP) is 13.2. The highest BCUT2D eigenvalue weighted by molar-refractivity contribution is 6.14. The molecule has 0 aliphatic heterocycles. The van der Waals surface area contributed by atoms with Crippen LogP contribution in [0.15, 0.2) is 167 Å². The third-order valence-corrected chi connectivity index (χ3v) is 9.90. The van der Waals surface area contributed by atoms with Gasteiger partial charge in [0.15, 0.2) is 0 Å². The number of fused-ring (bicyclic) bond motifs is 7. The van der Waals surface area contributed by atoms with E-state index in [-0.39, 0.29) is 0 Å². The molecule has 49 heavy (non-hydrogen) atoms. The normalized spacial score (nSPS) is 12.7. The van der Waals surface area contributed by atoms with Crippen molar-refractivity contribution in [2.24, 2.45) is 0 Å². The van der Waals surface area contributed by atoms with Gasteiger partial charge in [-0.05, 0) is 76.3 Å². The minimum absolute atomic E-state index is 0.857. The first kappa shape index (κ1) is 27.8. The topological polar surface area (TPSA) is 29.5 Å². The Bertz CT molecular complexity index is 2730. The molecule has 0 unspecified atom stereocenters. The summed E-state index contributed by atoms with van der Waals surface area (Å²) in [7, 11) is 0. The van der Waals surface area contributed by atoms with Crippen LogP contribution >= 0.6 is 0 Å². The van der Waals surface area contributed by atoms with Crippen molar-refractivity contribution in [1.82, 2.24) is 0 Å². The van der Waals surface area contributed by atoms with Crippen molar-refractivity contribution in [1.29, 1.82) is 0 Å². The van der Waals surface area contributed by atoms with Gasteiger partial charge in [0.25, 0.3) is 0 Å². The number of aryl methyl sites for hydroxylation is 1. The summed E-state index contributed by atoms with van der Waals surface area (Å²) in [5, 5.41) is 5.77. The number of allylic oxidation sites excluding steroid dienone is 1. The molecule has 2 aromatic heterocycles. The van der Waals surface area contributed by atoms with Gasteiger partial charge in [-0.15, -0.1) is 0 Å². The second kappa shape index (κ2) is 11.1. The van der Waals surface area contributed by atoms with E-state index in [0.29, 0.717) is 0 Å². The van der Waals surface area contributed by atoms with Crippen molar-refractivity contribution in [3.05, 3.63) is 169 Å². The number of hydrogen-bond acceptors (Lipinski definition) is 3. The quantitative estimate of drug-likeness (QED) is 0.190. The number of furan rings is 2. The summed E-state index contributed by atoms with van der Waals surface area (Å²) in [5.74, 6) is 1.06. The van der Waals surface area contributed by atoms with E-state index in [2.05, 4.69) is 157 Å². The molecule has 9 aromatic rings. The second-order valence-electron chi connectivity index (χ2n) is 12.8. The molecular weight excluding hydrogens is 599 g/mol. The average Bonchev–Trinajstić information content (AvgIpc) is 3.74. The molecule has 3 heteroatoms. The van der Waals surface area contributed by atoms with Gasteiger partial charge in [-0.3, -0.25) is 0 Å². The summed E-state index contributed by atoms with van der Waals surface area (Å²) in [6.45, 7) is 0. The van der Waals surface area contributed by atoms with Crippen LogP contribution in [-0.4, -0.2) is 0 Å². The van der Waals surface area contributed by atoms with Gasteiger partial charge >= 0.3 is 0 Å². The Morgan fingerprint density at radius 2 is 1.29 bits per heavy atom. The fourth-order valence-corrected chi connectivity index (χ4v) is 7.56. The predicted molar refractivity (Wildman–Crippen MR) is 204 cm³/mol. The van der Waals surface area contributed by atoms with Crippen LogP contribution in [-0.2, 0) is 6.42 Å². The molecule has 3 nitrogen and oxygen atoms in total. The van der Waals surface area contributed by atoms with Gasteiger partial charge in [0.05, 0.1) is 16.8 Å². The molecule has 232 valence electrons. The Morgan fingerprint density at radius 1 is 0.490 bits per heavy atom. The van der Waals surface area contributed by atoms with Gasteiger partial charge in [-0.25, -0.2) is 0 Å². The highest BCUT2D eigenvalue weighted by Crippen LogP contribution is 2.48. The monoisotopic (exact) mass is 629 g/mol. The van der Waals surface area contributed by atoms with E-state index in [1.807, 2.05) is 12.1 Å². The second-order valence-corrected chi connectivity index (χ2v) is 12.8. The molecule has 0 radical (unpaired) electrons. The van der Waals surface area contributed by atoms with Gasteiger partial charge in [0, 0.05) is 40.1 Å². The molecular formula is C46H31NO2. The van der Waals surface area contributed by atoms with E-state index in [9.17, 15) is 0 Å². The highest BCUT2D eigenvalue weighted by Gasteiger charge is 2.24. The van der Waals surface area contributed by atoms with Crippen LogP contribution < -0.4 is 4.90 Å². The molecule has 0 amide bonds. The molecule has 1 aliphatic rings. The first-order chi connectivity index (χ1) is 24.3. The largest absolute Gasteiger partial charge is 0.460 e. The maximum absolute atomic E-state index is 6.55. The summed E-state index contributed by atoms with van der Waals surface area (Å²) < 4.78 is 13.0. The van der Waals surface area contributed by atoms with Crippen LogP contribution in [0, 0.1) is 0 Å². The van der Waals surface area contributed by atoms with Crippen molar-refractivity contribution < 1.29 is 8.83 Å². The van der Waals surface area contributed by atoms with E-state index in [4.69, 9.17) is 8.83 Å². The van der Waals surface area contributed by atoms with Crippen LogP contribution in [0.3, 0.4) is 0 Å². The van der Waals surface area contributed by atoms with Gasteiger partial charge in [0.2, 0.25) is 0 Å². The lowest BCUT2D eigenvalue weighted by Gasteiger charge is -2.29. The maximum atomic E-state index is 6.55. The Kier molecular flexibility index (Phi) is 6.31. The molecule has 0 atom stereocenters. The molecule has 7 aromatic carbocycles. The van der Waals surface area contributed by atoms with Gasteiger partial charge in [0.1, 0.15) is 22.5 Å². The summed E-state index contributed by atoms with van der Waals surface area (Å²) in [5.41, 5.74) is 11.6. The molecule has 10 rings (SSSR count). The van der Waals surface area contributed by atoms with Crippen LogP contribution in [0.5, 0.6) is 0 Å². The van der Waals surface area contributed by atoms with E-state index in [0.717, 1.165) is 85.3 Å². The number of nitrogens with zero attached hydrogens (tertiary/aromatic N) is 1. The fraction of sp³-hybridized carbons (Fsp3) is 0.0435. The Balaban J connectivity index is 1.28. The number of rotatable bonds is 5. The minimum Gasteiger partial charge on any atom is -0.460 e. The molecule has 0 saturated heterocycles. The van der Waals surface area contributed by atoms with Crippen LogP contribution in [0.25, 0.3) is 72.0 Å². The van der Waals surface area contributed by atoms with Crippen molar-refractivity contribution in [3.63, 3.8) is 0 Å². The standard InChI is InChI=1S/C46H31NO2/c1-2-12-31(13-3-1)36-25-23-34(33-22-21-30-11-4-5-14-32(30)27-33)28-41(36)47(35-24-26-38-37-15-6-8-18-42(37)49-45(38)29-35)40-17-10-20-44-46(40)39-16-7-9-19-43(39)48-44/h1-7,9-17,19-29H,8,18H2. The number of hydrogen-bond donors (Lipinski definition) is 0. The first-order valence-electron chi connectivity index (χ1n) is 16.9.